The van der Waals surface area contributed by atoms with E-state index in [2.05, 4.69) is 27.2 Å². The summed E-state index contributed by atoms with van der Waals surface area (Å²) in [5.41, 5.74) is 4.53. The lowest BCUT2D eigenvalue weighted by Gasteiger charge is -2.31. The number of ether oxygens (including phenoxy) is 1. The molecule has 1 fully saturated rings. The van der Waals surface area contributed by atoms with Gasteiger partial charge in [0.2, 0.25) is 5.91 Å². The third-order valence-electron chi connectivity index (χ3n) is 9.44. The van der Waals surface area contributed by atoms with Gasteiger partial charge in [0.05, 0.1) is 23.6 Å². The number of carbonyl (C=O) groups is 1. The van der Waals surface area contributed by atoms with E-state index < -0.39 is 17.7 Å². The molecule has 0 radical (unpaired) electrons. The van der Waals surface area contributed by atoms with Crippen LogP contribution in [0.1, 0.15) is 38.8 Å². The fourth-order valence-electron chi connectivity index (χ4n) is 7.24. The van der Waals surface area contributed by atoms with Crippen LogP contribution in [0.3, 0.4) is 0 Å². The molecule has 0 spiro atoms. The summed E-state index contributed by atoms with van der Waals surface area (Å²) >= 11 is 6.14. The fraction of sp³-hybridized carbons (Fsp3) is 0.342. The predicted molar refractivity (Wildman–Crippen MR) is 194 cm³/mol. The van der Waals surface area contributed by atoms with Gasteiger partial charge in [0.15, 0.2) is 11.5 Å². The molecule has 0 saturated carbocycles. The average Bonchev–Trinajstić information content (AvgIpc) is 3.85. The van der Waals surface area contributed by atoms with Crippen molar-refractivity contribution in [1.82, 2.24) is 34.4 Å². The zero-order chi connectivity index (χ0) is 35.6. The van der Waals surface area contributed by atoms with Crippen LogP contribution in [0.5, 0.6) is 5.75 Å². The number of anilines is 1. The van der Waals surface area contributed by atoms with Gasteiger partial charge in [0.25, 0.3) is 0 Å². The Morgan fingerprint density at radius 3 is 2.71 bits per heavy atom. The van der Waals surface area contributed by atoms with E-state index in [0.29, 0.717) is 61.0 Å². The molecule has 1 amide bonds. The van der Waals surface area contributed by atoms with Gasteiger partial charge < -0.3 is 14.5 Å². The van der Waals surface area contributed by atoms with Crippen molar-refractivity contribution in [2.45, 2.75) is 51.7 Å². The van der Waals surface area contributed by atoms with Crippen LogP contribution >= 0.6 is 11.6 Å². The maximum Gasteiger partial charge on any atom is 0.245 e. The molecule has 2 aliphatic rings. The number of hydrogen-bond acceptors (Lipinski definition) is 7. The molecule has 51 heavy (non-hydrogen) atoms. The van der Waals surface area contributed by atoms with E-state index in [9.17, 15) is 13.6 Å². The predicted octanol–water partition coefficient (Wildman–Crippen LogP) is 7.10. The van der Waals surface area contributed by atoms with Gasteiger partial charge in [-0.05, 0) is 60.7 Å². The van der Waals surface area contributed by atoms with Crippen LogP contribution in [0, 0.1) is 11.6 Å². The topological polar surface area (TPSA) is 94.2 Å². The first kappa shape index (κ1) is 34.4. The van der Waals surface area contributed by atoms with Gasteiger partial charge in [-0.2, -0.15) is 10.2 Å². The lowest BCUT2D eigenvalue weighted by molar-refractivity contribution is -0.132. The number of aromatic nitrogens is 6. The minimum atomic E-state index is -0.771. The first-order valence-corrected chi connectivity index (χ1v) is 17.9. The number of aryl methyl sites for hydroxylation is 2. The summed E-state index contributed by atoms with van der Waals surface area (Å²) in [5, 5.41) is 10.8. The van der Waals surface area contributed by atoms with E-state index in [4.69, 9.17) is 21.4 Å². The molecule has 13 heteroatoms. The molecule has 10 nitrogen and oxygen atoms in total. The van der Waals surface area contributed by atoms with Crippen molar-refractivity contribution in [3.05, 3.63) is 90.5 Å². The van der Waals surface area contributed by atoms with Gasteiger partial charge in [-0.1, -0.05) is 38.1 Å². The monoisotopic (exact) mass is 712 g/mol. The smallest absolute Gasteiger partial charge is 0.245 e. The zero-order valence-electron chi connectivity index (χ0n) is 28.8. The Labute approximate surface area is 299 Å². The van der Waals surface area contributed by atoms with Gasteiger partial charge in [-0.25, -0.2) is 23.4 Å². The third kappa shape index (κ3) is 6.48. The minimum Gasteiger partial charge on any atom is -0.488 e. The number of fused-ring (bicyclic) bond motifs is 6. The highest BCUT2D eigenvalue weighted by atomic mass is 35.5. The first-order chi connectivity index (χ1) is 24.9. The second-order valence-electron chi connectivity index (χ2n) is 12.5. The molecular formula is C38H39ClF2N8O2. The summed E-state index contributed by atoms with van der Waals surface area (Å²) in [6, 6.07) is 16.9. The third-order valence-corrected chi connectivity index (χ3v) is 9.71. The van der Waals surface area contributed by atoms with Gasteiger partial charge in [0, 0.05) is 49.6 Å². The Bertz CT molecular complexity index is 2200. The fourth-order valence-corrected chi connectivity index (χ4v) is 7.36. The van der Waals surface area contributed by atoms with Gasteiger partial charge >= 0.3 is 0 Å². The van der Waals surface area contributed by atoms with E-state index in [0.717, 1.165) is 46.6 Å². The number of alkyl halides is 1. The number of carbonyl (C=O) groups excluding carboxylic acids is 1. The number of nitrogens with zero attached hydrogens (tertiary/aromatic N) is 8. The second-order valence-corrected chi connectivity index (χ2v) is 12.9. The first-order valence-electron chi connectivity index (χ1n) is 17.4. The van der Waals surface area contributed by atoms with E-state index in [1.165, 1.54) is 23.1 Å². The van der Waals surface area contributed by atoms with E-state index in [1.54, 1.807) is 6.20 Å². The van der Waals surface area contributed by atoms with Crippen molar-refractivity contribution >= 4 is 45.3 Å². The van der Waals surface area contributed by atoms with Crippen molar-refractivity contribution in [3.8, 4) is 22.6 Å². The molecule has 3 aromatic heterocycles. The maximum absolute atomic E-state index is 14.8. The summed E-state index contributed by atoms with van der Waals surface area (Å²) in [7, 11) is 1.97. The molecule has 264 valence electrons. The van der Waals surface area contributed by atoms with Crippen molar-refractivity contribution in [3.63, 3.8) is 0 Å². The van der Waals surface area contributed by atoms with Crippen LogP contribution in [0.15, 0.2) is 73.2 Å². The molecule has 2 atom stereocenters. The highest BCUT2D eigenvalue weighted by molar-refractivity contribution is 6.17. The summed E-state index contributed by atoms with van der Waals surface area (Å²) in [4.78, 5) is 27.5. The molecule has 1 unspecified atom stereocenters. The molecule has 0 aliphatic carbocycles. The highest BCUT2D eigenvalue weighted by Crippen LogP contribution is 2.36. The van der Waals surface area contributed by atoms with E-state index in [1.807, 2.05) is 65.7 Å². The summed E-state index contributed by atoms with van der Waals surface area (Å²) in [6.45, 7) is 5.42. The van der Waals surface area contributed by atoms with Crippen molar-refractivity contribution in [1.29, 1.82) is 0 Å². The Morgan fingerprint density at radius 2 is 1.88 bits per heavy atom. The average molecular weight is 713 g/mol. The van der Waals surface area contributed by atoms with Crippen LogP contribution in [0.25, 0.3) is 38.8 Å². The standard InChI is InChI=1S/C36H33ClF2N8O2.C2H6/c1-44-31-10-4-14-45(15-5-13-37)36(48)32-18-25(49-24-7-2-6-22(16-24)26-8-3-9-29(43-44)33(26)31)20-46(32)34-27-19-42-47(35(27)41-21-40-34)30-12-11-23(38)17-28(30)39;1-2/h2-3,6-9,11-12,16-17,19,21,25,32H,4-5,10,13-15,18,20H2,1H3;1-2H3/t25?,32-;/m0./s1. The maximum atomic E-state index is 14.8. The van der Waals surface area contributed by atoms with Crippen LogP contribution in [-0.2, 0) is 18.3 Å². The van der Waals surface area contributed by atoms with Gasteiger partial charge in [0.1, 0.15) is 41.5 Å². The molecule has 6 aromatic rings. The Hall–Kier alpha value is -5.10. The number of halogens is 3. The Balaban J connectivity index is 0.00000200. The van der Waals surface area contributed by atoms with Crippen molar-refractivity contribution < 1.29 is 18.3 Å². The lowest BCUT2D eigenvalue weighted by Crippen LogP contribution is -2.47. The summed E-state index contributed by atoms with van der Waals surface area (Å²) < 4.78 is 38.4. The van der Waals surface area contributed by atoms with Crippen LogP contribution in [0.4, 0.5) is 14.6 Å². The van der Waals surface area contributed by atoms with Crippen molar-refractivity contribution in [2.24, 2.45) is 7.05 Å². The Morgan fingerprint density at radius 1 is 1.04 bits per heavy atom. The van der Waals surface area contributed by atoms with Crippen LogP contribution in [-0.4, -0.2) is 78.0 Å². The second kappa shape index (κ2) is 14.6. The summed E-state index contributed by atoms with van der Waals surface area (Å²) in [6.07, 6.45) is 5.12. The van der Waals surface area contributed by atoms with E-state index >= 15 is 0 Å². The summed E-state index contributed by atoms with van der Waals surface area (Å²) in [5.74, 6) is 0.110. The lowest BCUT2D eigenvalue weighted by atomic mass is 9.98. The molecule has 4 bridgehead atoms. The minimum absolute atomic E-state index is 0.0425. The van der Waals surface area contributed by atoms with Gasteiger partial charge in [-0.3, -0.25) is 9.48 Å². The number of benzene rings is 3. The normalized spacial score (nSPS) is 17.6. The number of amides is 1. The Kier molecular flexibility index (Phi) is 9.86. The molecule has 5 heterocycles. The van der Waals surface area contributed by atoms with Crippen LogP contribution in [0.2, 0.25) is 0 Å². The van der Waals surface area contributed by atoms with Gasteiger partial charge in [-0.15, -0.1) is 11.6 Å². The quantitative estimate of drug-likeness (QED) is 0.176. The number of hydrogen-bond donors (Lipinski definition) is 0. The molecule has 0 N–H and O–H groups in total. The molecular weight excluding hydrogens is 674 g/mol. The highest BCUT2D eigenvalue weighted by Gasteiger charge is 2.42. The molecule has 3 aromatic carbocycles. The SMILES string of the molecule is CC.Cn1nc2cccc3c2c1CCCN(CCCCl)C(=O)[C@@H]1CC(CN1c1ncnc2c1cnn2-c1ccc(F)cc1F)Oc1cccc-3c1. The molecule has 1 saturated heterocycles. The van der Waals surface area contributed by atoms with Crippen molar-refractivity contribution in [2.75, 3.05) is 30.4 Å². The largest absolute Gasteiger partial charge is 0.488 e. The zero-order valence-corrected chi connectivity index (χ0v) is 29.5. The molecule has 2 aliphatic heterocycles. The molecule has 8 rings (SSSR count). The van der Waals surface area contributed by atoms with E-state index in [-0.39, 0.29) is 17.7 Å². The van der Waals surface area contributed by atoms with Crippen LogP contribution < -0.4 is 9.64 Å². The number of rotatable bonds is 5.